The van der Waals surface area contributed by atoms with E-state index in [0.29, 0.717) is 63.8 Å². The summed E-state index contributed by atoms with van der Waals surface area (Å²) >= 11 is 1.60. The van der Waals surface area contributed by atoms with Crippen LogP contribution in [0.5, 0.6) is 0 Å². The minimum atomic E-state index is -0.237. The number of aromatic nitrogens is 2. The Balaban J connectivity index is 1.74. The quantitative estimate of drug-likeness (QED) is 0.423. The summed E-state index contributed by atoms with van der Waals surface area (Å²) in [7, 11) is 1.64. The van der Waals surface area contributed by atoms with Crippen LogP contribution in [0.25, 0.3) is 11.3 Å². The summed E-state index contributed by atoms with van der Waals surface area (Å²) < 4.78 is 14.0. The number of imidazole rings is 1. The second-order valence-corrected chi connectivity index (χ2v) is 9.25. The first-order valence-corrected chi connectivity index (χ1v) is 12.6. The first-order valence-electron chi connectivity index (χ1n) is 11.7. The number of amides is 1. The van der Waals surface area contributed by atoms with Gasteiger partial charge >= 0.3 is 5.69 Å². The third-order valence-corrected chi connectivity index (χ3v) is 6.80. The Bertz CT molecular complexity index is 1100. The number of hydrogen-bond donors (Lipinski definition) is 1. The van der Waals surface area contributed by atoms with Gasteiger partial charge in [-0.1, -0.05) is 36.4 Å². The highest BCUT2D eigenvalue weighted by molar-refractivity contribution is 7.09. The lowest BCUT2D eigenvalue weighted by Gasteiger charge is -2.26. The third kappa shape index (κ3) is 5.85. The maximum absolute atomic E-state index is 13.8. The maximum Gasteiger partial charge on any atom is 0.329 e. The number of nitrogens with one attached hydrogen (secondary N) is 1. The minimum absolute atomic E-state index is 0.164. The van der Waals surface area contributed by atoms with E-state index in [1.54, 1.807) is 27.6 Å². The number of carbonyl (C=O) groups is 1. The first kappa shape index (κ1) is 24.4. The average molecular weight is 485 g/mol. The van der Waals surface area contributed by atoms with Gasteiger partial charge in [-0.25, -0.2) is 4.79 Å². The molecule has 1 aliphatic rings. The average Bonchev–Trinajstić information content (AvgIpc) is 3.48. The van der Waals surface area contributed by atoms with Crippen molar-refractivity contribution in [2.24, 2.45) is 0 Å². The van der Waals surface area contributed by atoms with Gasteiger partial charge in [0.2, 0.25) is 0 Å². The van der Waals surface area contributed by atoms with Crippen molar-refractivity contribution < 1.29 is 14.3 Å². The molecule has 1 aromatic carbocycles. The van der Waals surface area contributed by atoms with E-state index in [1.165, 1.54) is 0 Å². The summed E-state index contributed by atoms with van der Waals surface area (Å²) in [4.78, 5) is 30.6. The molecule has 9 heteroatoms. The lowest BCUT2D eigenvalue weighted by Crippen LogP contribution is -2.40. The Morgan fingerprint density at radius 2 is 1.88 bits per heavy atom. The zero-order chi connectivity index (χ0) is 23.8. The van der Waals surface area contributed by atoms with Crippen molar-refractivity contribution in [3.63, 3.8) is 0 Å². The summed E-state index contributed by atoms with van der Waals surface area (Å²) in [6.45, 7) is 5.64. The molecule has 0 radical (unpaired) electrons. The molecule has 1 fully saturated rings. The van der Waals surface area contributed by atoms with Gasteiger partial charge in [-0.2, -0.15) is 0 Å². The molecule has 1 aliphatic heterocycles. The predicted molar refractivity (Wildman–Crippen MR) is 134 cm³/mol. The highest BCUT2D eigenvalue weighted by Gasteiger charge is 2.27. The Kier molecular flexibility index (Phi) is 8.70. The topological polar surface area (TPSA) is 77.7 Å². The lowest BCUT2D eigenvalue weighted by atomic mass is 10.1. The Hall–Kier alpha value is -2.72. The van der Waals surface area contributed by atoms with Gasteiger partial charge in [0.25, 0.3) is 5.91 Å². The van der Waals surface area contributed by atoms with Crippen LogP contribution >= 0.6 is 11.3 Å². The van der Waals surface area contributed by atoms with E-state index < -0.39 is 0 Å². The SMILES string of the molecule is COCCCNC(=O)c1c(-c2ccccc2)n(Cc2cccs2)c(=O)n1CCN1CCOCC1. The van der Waals surface area contributed by atoms with Crippen LogP contribution in [0.1, 0.15) is 21.8 Å². The van der Waals surface area contributed by atoms with Crippen molar-refractivity contribution in [3.05, 3.63) is 68.9 Å². The lowest BCUT2D eigenvalue weighted by molar-refractivity contribution is 0.0361. The summed E-state index contributed by atoms with van der Waals surface area (Å²) in [5.74, 6) is -0.237. The van der Waals surface area contributed by atoms with Gasteiger partial charge in [0.1, 0.15) is 5.69 Å². The number of methoxy groups -OCH3 is 1. The molecule has 4 rings (SSSR count). The summed E-state index contributed by atoms with van der Waals surface area (Å²) in [6.07, 6.45) is 0.705. The van der Waals surface area contributed by atoms with Crippen molar-refractivity contribution in [1.29, 1.82) is 0 Å². The van der Waals surface area contributed by atoms with Crippen LogP contribution in [0.15, 0.2) is 52.6 Å². The first-order chi connectivity index (χ1) is 16.7. The van der Waals surface area contributed by atoms with Crippen LogP contribution in [0.4, 0.5) is 0 Å². The van der Waals surface area contributed by atoms with Crippen LogP contribution in [-0.2, 0) is 22.6 Å². The van der Waals surface area contributed by atoms with Crippen LogP contribution in [-0.4, -0.2) is 73.1 Å². The molecular weight excluding hydrogens is 452 g/mol. The number of benzene rings is 1. The number of rotatable bonds is 11. The summed E-state index contributed by atoms with van der Waals surface area (Å²) in [6, 6.07) is 13.7. The van der Waals surface area contributed by atoms with Crippen molar-refractivity contribution >= 4 is 17.2 Å². The Morgan fingerprint density at radius 3 is 2.59 bits per heavy atom. The zero-order valence-electron chi connectivity index (χ0n) is 19.6. The van der Waals surface area contributed by atoms with Gasteiger partial charge in [0.15, 0.2) is 0 Å². The van der Waals surface area contributed by atoms with Gasteiger partial charge < -0.3 is 14.8 Å². The molecular formula is C25H32N4O4S. The Morgan fingerprint density at radius 1 is 1.09 bits per heavy atom. The summed E-state index contributed by atoms with van der Waals surface area (Å²) in [5, 5.41) is 5.00. The van der Waals surface area contributed by atoms with Crippen molar-refractivity contribution in [2.75, 3.05) is 53.1 Å². The monoisotopic (exact) mass is 484 g/mol. The van der Waals surface area contributed by atoms with E-state index in [2.05, 4.69) is 10.2 Å². The number of carbonyl (C=O) groups excluding carboxylic acids is 1. The number of hydrogen-bond acceptors (Lipinski definition) is 6. The molecule has 2 aromatic heterocycles. The van der Waals surface area contributed by atoms with Gasteiger partial charge in [-0.15, -0.1) is 11.3 Å². The molecule has 8 nitrogen and oxygen atoms in total. The van der Waals surface area contributed by atoms with E-state index >= 15 is 0 Å². The molecule has 1 N–H and O–H groups in total. The highest BCUT2D eigenvalue weighted by Crippen LogP contribution is 2.25. The summed E-state index contributed by atoms with van der Waals surface area (Å²) in [5.41, 5.74) is 1.76. The molecule has 3 aromatic rings. The van der Waals surface area contributed by atoms with Crippen LogP contribution in [0.2, 0.25) is 0 Å². The molecule has 0 unspecified atom stereocenters. The van der Waals surface area contributed by atoms with E-state index in [1.807, 2.05) is 47.8 Å². The van der Waals surface area contributed by atoms with Gasteiger partial charge in [0.05, 0.1) is 25.5 Å². The van der Waals surface area contributed by atoms with Crippen molar-refractivity contribution in [3.8, 4) is 11.3 Å². The highest BCUT2D eigenvalue weighted by atomic mass is 32.1. The fourth-order valence-electron chi connectivity index (χ4n) is 4.19. The number of nitrogens with zero attached hydrogens (tertiary/aromatic N) is 3. The van der Waals surface area contributed by atoms with Gasteiger partial charge in [0, 0.05) is 56.9 Å². The maximum atomic E-state index is 13.8. The third-order valence-electron chi connectivity index (χ3n) is 5.94. The molecule has 0 spiro atoms. The fraction of sp³-hybridized carbons (Fsp3) is 0.440. The molecule has 3 heterocycles. The van der Waals surface area contributed by atoms with Crippen LogP contribution in [0, 0.1) is 0 Å². The van der Waals surface area contributed by atoms with E-state index in [0.717, 1.165) is 23.5 Å². The predicted octanol–water partition coefficient (Wildman–Crippen LogP) is 2.53. The zero-order valence-corrected chi connectivity index (χ0v) is 20.4. The molecule has 0 aliphatic carbocycles. The molecule has 0 saturated carbocycles. The Labute approximate surface area is 203 Å². The van der Waals surface area contributed by atoms with Crippen LogP contribution in [0.3, 0.4) is 0 Å². The minimum Gasteiger partial charge on any atom is -0.385 e. The second kappa shape index (κ2) is 12.1. The molecule has 0 bridgehead atoms. The number of thiophene rings is 1. The standard InChI is InChI=1S/C25H32N4O4S/c1-32-15-6-10-26-24(30)23-22(20-7-3-2-4-8-20)29(19-21-9-5-18-34-21)25(31)28(23)12-11-27-13-16-33-17-14-27/h2-5,7-9,18H,6,10-17,19H2,1H3,(H,26,30). The molecule has 1 amide bonds. The molecule has 0 atom stereocenters. The smallest absolute Gasteiger partial charge is 0.329 e. The van der Waals surface area contributed by atoms with E-state index in [-0.39, 0.29) is 11.6 Å². The normalized spacial score (nSPS) is 14.4. The second-order valence-electron chi connectivity index (χ2n) is 8.22. The van der Waals surface area contributed by atoms with Crippen molar-refractivity contribution in [2.45, 2.75) is 19.5 Å². The fourth-order valence-corrected chi connectivity index (χ4v) is 4.88. The number of ether oxygens (including phenoxy) is 2. The van der Waals surface area contributed by atoms with Crippen LogP contribution < -0.4 is 11.0 Å². The van der Waals surface area contributed by atoms with Crippen molar-refractivity contribution in [1.82, 2.24) is 19.4 Å². The molecule has 182 valence electrons. The molecule has 1 saturated heterocycles. The largest absolute Gasteiger partial charge is 0.385 e. The van der Waals surface area contributed by atoms with Gasteiger partial charge in [-0.05, 0) is 17.9 Å². The number of morpholine rings is 1. The van der Waals surface area contributed by atoms with E-state index in [9.17, 15) is 9.59 Å². The molecule has 34 heavy (non-hydrogen) atoms. The van der Waals surface area contributed by atoms with Gasteiger partial charge in [-0.3, -0.25) is 18.8 Å². The van der Waals surface area contributed by atoms with E-state index in [4.69, 9.17) is 9.47 Å².